The molecule has 0 aromatic rings. The molecule has 1 aliphatic rings. The summed E-state index contributed by atoms with van der Waals surface area (Å²) >= 11 is 0. The van der Waals surface area contributed by atoms with E-state index in [1.165, 1.54) is 0 Å². The van der Waals surface area contributed by atoms with Gasteiger partial charge in [-0.15, -0.1) is 0 Å². The van der Waals surface area contributed by atoms with Crippen LogP contribution in [0.4, 0.5) is 0 Å². The predicted octanol–water partition coefficient (Wildman–Crippen LogP) is -9.33. The van der Waals surface area contributed by atoms with Crippen LogP contribution in [-0.2, 0) is 0 Å². The fraction of sp³-hybridized carbons (Fsp3) is 1.00. The van der Waals surface area contributed by atoms with Gasteiger partial charge >= 0.3 is 0 Å². The van der Waals surface area contributed by atoms with Crippen molar-refractivity contribution >= 4 is 0 Å². The average Bonchev–Trinajstić information content (AvgIpc) is 2.50. The fourth-order valence-electron chi connectivity index (χ4n) is 0.807. The largest absolute Gasteiger partial charge is 0.242 e. The molecule has 126 valence electrons. The summed E-state index contributed by atoms with van der Waals surface area (Å²) in [6.07, 6.45) is 0. The van der Waals surface area contributed by atoms with Crippen molar-refractivity contribution in [1.29, 1.82) is 0 Å². The summed E-state index contributed by atoms with van der Waals surface area (Å²) in [7, 11) is 0. The molecule has 0 aromatic heterocycles. The number of hydrogen-bond acceptors (Lipinski definition) is 19. The third kappa shape index (κ3) is 14.0. The van der Waals surface area contributed by atoms with Crippen LogP contribution in [0.3, 0.4) is 0 Å². The van der Waals surface area contributed by atoms with E-state index in [1.54, 1.807) is 0 Å². The van der Waals surface area contributed by atoms with E-state index in [0.717, 1.165) is 0 Å². The van der Waals surface area contributed by atoms with Crippen molar-refractivity contribution in [2.24, 2.45) is 0 Å². The Morgan fingerprint density at radius 3 is 0.667 bits per heavy atom. The van der Waals surface area contributed by atoms with Crippen LogP contribution in [0.25, 0.3) is 0 Å². The summed E-state index contributed by atoms with van der Waals surface area (Å²) in [5.74, 6) is 0. The molecule has 21 heavy (non-hydrogen) atoms. The Kier molecular flexibility index (Phi) is 13.6. The fourth-order valence-corrected chi connectivity index (χ4v) is 0.807. The first-order chi connectivity index (χ1) is 10.5. The summed E-state index contributed by atoms with van der Waals surface area (Å²) < 4.78 is 0. The van der Waals surface area contributed by atoms with Gasteiger partial charge in [-0.25, -0.2) is 10.9 Å². The van der Waals surface area contributed by atoms with Gasteiger partial charge in [0.15, 0.2) is 0 Å². The first-order valence-electron chi connectivity index (χ1n) is 5.71. The highest BCUT2D eigenvalue weighted by Crippen LogP contribution is 1.47. The van der Waals surface area contributed by atoms with Gasteiger partial charge < -0.3 is 0 Å². The third-order valence-corrected chi connectivity index (χ3v) is 1.55. The lowest BCUT2D eigenvalue weighted by Crippen LogP contribution is -2.69. The first-order valence-corrected chi connectivity index (χ1v) is 5.71. The Hall–Kier alpha value is -0.760. The zero-order valence-electron chi connectivity index (χ0n) is 10.9. The molecule has 0 spiro atoms. The van der Waals surface area contributed by atoms with Gasteiger partial charge in [0.2, 0.25) is 0 Å². The second kappa shape index (κ2) is 15.6. The molecule has 19 N–H and O–H groups in total. The number of hydrogen-bond donors (Lipinski definition) is 19. The van der Waals surface area contributed by atoms with E-state index in [4.69, 9.17) is 0 Å². The first kappa shape index (κ1) is 18.3. The molecule has 1 rings (SSSR count). The van der Waals surface area contributed by atoms with Crippen molar-refractivity contribution in [3.05, 3.63) is 0 Å². The van der Waals surface area contributed by atoms with Gasteiger partial charge in [0.25, 0.3) is 0 Å². The molecular weight excluding hydrogens is 290 g/mol. The zero-order valence-corrected chi connectivity index (χ0v) is 10.9. The molecule has 0 aromatic carbocycles. The minimum absolute atomic E-state index is 0.634. The van der Waals surface area contributed by atoms with Crippen LogP contribution in [0.1, 0.15) is 0 Å². The quantitative estimate of drug-likeness (QED) is 0.199. The number of rotatable bonds is 0. The van der Waals surface area contributed by atoms with E-state index in [1.807, 2.05) is 0 Å². The van der Waals surface area contributed by atoms with Gasteiger partial charge in [0.1, 0.15) is 0 Å². The molecule has 1 heterocycles. The molecule has 0 aliphatic carbocycles. The molecule has 0 saturated carbocycles. The predicted molar refractivity (Wildman–Crippen MR) is 69.3 cm³/mol. The lowest BCUT2D eigenvalue weighted by molar-refractivity contribution is 0.197. The molecule has 0 atom stereocenters. The monoisotopic (exact) mass is 313 g/mol. The molecule has 19 nitrogen and oxygen atoms in total. The SMILES string of the molecule is C1CNNNNNNNNNNNNNNNNNNN1. The van der Waals surface area contributed by atoms with Crippen molar-refractivity contribution in [3.8, 4) is 0 Å². The number of nitrogens with one attached hydrogen (secondary N) is 19. The second-order valence-corrected chi connectivity index (χ2v) is 2.98. The molecule has 1 fully saturated rings. The van der Waals surface area contributed by atoms with Crippen LogP contribution in [0.15, 0.2) is 0 Å². The molecule has 0 amide bonds. The van der Waals surface area contributed by atoms with Crippen molar-refractivity contribution < 1.29 is 0 Å². The molecular formula is C2H23N19. The second-order valence-electron chi connectivity index (χ2n) is 2.98. The average molecular weight is 313 g/mol. The maximum Gasteiger partial charge on any atom is 0.0253 e. The maximum absolute atomic E-state index is 2.86. The molecule has 1 aliphatic heterocycles. The van der Waals surface area contributed by atoms with Gasteiger partial charge in [-0.2, -0.15) is 94.1 Å². The Labute approximate surface area is 119 Å². The van der Waals surface area contributed by atoms with Crippen molar-refractivity contribution in [2.45, 2.75) is 0 Å². The lowest BCUT2D eigenvalue weighted by Gasteiger charge is -2.14. The topological polar surface area (TPSA) is 229 Å². The van der Waals surface area contributed by atoms with Crippen LogP contribution < -0.4 is 105 Å². The molecule has 19 heteroatoms. The molecule has 0 unspecified atom stereocenters. The Morgan fingerprint density at radius 2 is 0.429 bits per heavy atom. The smallest absolute Gasteiger partial charge is 0.0253 e. The van der Waals surface area contributed by atoms with E-state index in [-0.39, 0.29) is 0 Å². The third-order valence-electron chi connectivity index (χ3n) is 1.55. The van der Waals surface area contributed by atoms with Crippen molar-refractivity contribution in [3.63, 3.8) is 0 Å². The minimum Gasteiger partial charge on any atom is -0.242 e. The summed E-state index contributed by atoms with van der Waals surface area (Å²) in [4.78, 5) is 0. The zero-order chi connectivity index (χ0) is 14.8. The van der Waals surface area contributed by atoms with Gasteiger partial charge in [-0.3, -0.25) is 0 Å². The summed E-state index contributed by atoms with van der Waals surface area (Å²) in [5.41, 5.74) is 49.2. The Morgan fingerprint density at radius 1 is 0.238 bits per heavy atom. The van der Waals surface area contributed by atoms with Crippen molar-refractivity contribution in [1.82, 2.24) is 105 Å². The molecule has 0 radical (unpaired) electrons. The molecule has 0 bridgehead atoms. The van der Waals surface area contributed by atoms with Crippen LogP contribution in [-0.4, -0.2) is 13.1 Å². The normalized spacial score (nSPS) is 24.0. The van der Waals surface area contributed by atoms with E-state index in [0.29, 0.717) is 13.1 Å². The summed E-state index contributed by atoms with van der Waals surface area (Å²) in [6.45, 7) is 1.27. The van der Waals surface area contributed by atoms with E-state index >= 15 is 0 Å². The lowest BCUT2D eigenvalue weighted by atomic mass is 10.7. The highest BCUT2D eigenvalue weighted by molar-refractivity contribution is 4.39. The highest BCUT2D eigenvalue weighted by atomic mass is 16.0. The Bertz CT molecular complexity index is 102. The van der Waals surface area contributed by atoms with Crippen molar-refractivity contribution in [2.75, 3.05) is 13.1 Å². The standard InChI is InChI=1S/C2H23N19/c1-2-4-6-8-10-12-14-16-18-20-21-19-17-15-13-11-9-7-5-3-1/h3-21H,1-2H2. The van der Waals surface area contributed by atoms with Crippen LogP contribution >= 0.6 is 0 Å². The van der Waals surface area contributed by atoms with E-state index < -0.39 is 0 Å². The van der Waals surface area contributed by atoms with E-state index in [9.17, 15) is 0 Å². The Balaban J connectivity index is 2.00. The van der Waals surface area contributed by atoms with Gasteiger partial charge in [0, 0.05) is 13.1 Å². The van der Waals surface area contributed by atoms with Gasteiger partial charge in [-0.05, 0) is 0 Å². The minimum atomic E-state index is 0.634. The maximum atomic E-state index is 2.86. The highest BCUT2D eigenvalue weighted by Gasteiger charge is 1.87. The van der Waals surface area contributed by atoms with Gasteiger partial charge in [0.05, 0.1) is 0 Å². The van der Waals surface area contributed by atoms with Gasteiger partial charge in [-0.1, -0.05) is 0 Å². The van der Waals surface area contributed by atoms with Crippen LogP contribution in [0, 0.1) is 0 Å². The summed E-state index contributed by atoms with van der Waals surface area (Å²) in [6, 6.07) is 0. The van der Waals surface area contributed by atoms with E-state index in [2.05, 4.69) is 105 Å². The number of hydrazine groups is 18. The van der Waals surface area contributed by atoms with Crippen LogP contribution in [0.2, 0.25) is 0 Å². The summed E-state index contributed by atoms with van der Waals surface area (Å²) in [5, 5.41) is 0. The van der Waals surface area contributed by atoms with Crippen LogP contribution in [0.5, 0.6) is 0 Å². The molecule has 1 saturated heterocycles.